The number of hydrogen-bond donors (Lipinski definition) is 2. The number of para-hydroxylation sites is 2. The molecule has 0 unspecified atom stereocenters. The number of aryl methyl sites for hydroxylation is 1. The molecule has 8 nitrogen and oxygen atoms in total. The molecule has 5 rings (SSSR count). The summed E-state index contributed by atoms with van der Waals surface area (Å²) >= 11 is 0. The zero-order valence-corrected chi connectivity index (χ0v) is 18.0. The smallest absolute Gasteiger partial charge is 0.244 e. The molecule has 1 aliphatic rings. The minimum absolute atomic E-state index is 0.101. The van der Waals surface area contributed by atoms with Crippen molar-refractivity contribution in [1.29, 1.82) is 0 Å². The first-order valence-electron chi connectivity index (χ1n) is 10.8. The van der Waals surface area contributed by atoms with Crippen LogP contribution in [0.3, 0.4) is 0 Å². The molecule has 0 saturated carbocycles. The monoisotopic (exact) mass is 427 g/mol. The molecule has 1 saturated heterocycles. The lowest BCUT2D eigenvalue weighted by Gasteiger charge is -2.18. The third kappa shape index (κ3) is 4.39. The quantitative estimate of drug-likeness (QED) is 0.481. The summed E-state index contributed by atoms with van der Waals surface area (Å²) in [6, 6.07) is 17.4. The average Bonchev–Trinajstić information content (AvgIpc) is 3.46. The maximum absolute atomic E-state index is 12.5. The van der Waals surface area contributed by atoms with Crippen LogP contribution in [0.2, 0.25) is 0 Å². The van der Waals surface area contributed by atoms with Gasteiger partial charge in [0.1, 0.15) is 24.0 Å². The van der Waals surface area contributed by atoms with Gasteiger partial charge in [-0.25, -0.2) is 15.0 Å². The number of fused-ring (bicyclic) bond motifs is 1. The van der Waals surface area contributed by atoms with Gasteiger partial charge in [0.05, 0.1) is 17.4 Å². The Hall–Kier alpha value is -3.94. The second kappa shape index (κ2) is 8.66. The number of imidazole rings is 1. The third-order valence-corrected chi connectivity index (χ3v) is 5.54. The van der Waals surface area contributed by atoms with E-state index in [2.05, 4.69) is 30.5 Å². The Morgan fingerprint density at radius 1 is 1.00 bits per heavy atom. The predicted octanol–water partition coefficient (Wildman–Crippen LogP) is 4.12. The van der Waals surface area contributed by atoms with Crippen LogP contribution in [-0.2, 0) is 11.3 Å². The Morgan fingerprint density at radius 2 is 1.75 bits per heavy atom. The Bertz CT molecular complexity index is 1240. The number of carbonyl (C=O) groups excluding carboxylic acids is 1. The van der Waals surface area contributed by atoms with E-state index >= 15 is 0 Å². The standard InChI is InChI=1S/C24H25N7O/c1-17-26-22(14-23(27-17)30-12-4-5-13-30)28-18-8-10-19(11-9-18)29-24(32)15-31-16-25-20-6-2-3-7-21(20)31/h2-3,6-11,14,16H,4-5,12-13,15H2,1H3,(H,29,32)(H,26,27,28). The second-order valence-electron chi connectivity index (χ2n) is 7.96. The minimum atomic E-state index is -0.101. The molecule has 2 aromatic heterocycles. The summed E-state index contributed by atoms with van der Waals surface area (Å²) in [7, 11) is 0. The number of aromatic nitrogens is 4. The highest BCUT2D eigenvalue weighted by molar-refractivity contribution is 5.91. The van der Waals surface area contributed by atoms with Gasteiger partial charge in [-0.1, -0.05) is 12.1 Å². The highest BCUT2D eigenvalue weighted by Crippen LogP contribution is 2.23. The van der Waals surface area contributed by atoms with Crippen LogP contribution >= 0.6 is 0 Å². The minimum Gasteiger partial charge on any atom is -0.356 e. The zero-order valence-electron chi connectivity index (χ0n) is 18.0. The molecule has 4 aromatic rings. The lowest BCUT2D eigenvalue weighted by molar-refractivity contribution is -0.116. The van der Waals surface area contributed by atoms with Crippen LogP contribution in [0.4, 0.5) is 23.0 Å². The van der Waals surface area contributed by atoms with Crippen molar-refractivity contribution in [3.8, 4) is 0 Å². The number of rotatable bonds is 6. The first kappa shape index (κ1) is 20.0. The lowest BCUT2D eigenvalue weighted by Crippen LogP contribution is -2.19. The fourth-order valence-corrected chi connectivity index (χ4v) is 4.00. The number of carbonyl (C=O) groups is 1. The van der Waals surface area contributed by atoms with Crippen molar-refractivity contribution in [2.75, 3.05) is 28.6 Å². The van der Waals surface area contributed by atoms with Gasteiger partial charge in [0.2, 0.25) is 5.91 Å². The van der Waals surface area contributed by atoms with Gasteiger partial charge in [0.15, 0.2) is 0 Å². The van der Waals surface area contributed by atoms with E-state index in [4.69, 9.17) is 0 Å². The van der Waals surface area contributed by atoms with Crippen molar-refractivity contribution >= 4 is 40.0 Å². The highest BCUT2D eigenvalue weighted by Gasteiger charge is 2.15. The van der Waals surface area contributed by atoms with Gasteiger partial charge >= 0.3 is 0 Å². The fourth-order valence-electron chi connectivity index (χ4n) is 4.00. The molecule has 1 aliphatic heterocycles. The molecule has 0 spiro atoms. The molecule has 3 heterocycles. The van der Waals surface area contributed by atoms with Crippen molar-refractivity contribution < 1.29 is 4.79 Å². The maximum Gasteiger partial charge on any atom is 0.244 e. The van der Waals surface area contributed by atoms with E-state index in [1.54, 1.807) is 6.33 Å². The molecule has 0 atom stereocenters. The van der Waals surface area contributed by atoms with Crippen molar-refractivity contribution in [2.24, 2.45) is 0 Å². The summed E-state index contributed by atoms with van der Waals surface area (Å²) in [4.78, 5) is 28.2. The van der Waals surface area contributed by atoms with E-state index in [0.29, 0.717) is 0 Å². The lowest BCUT2D eigenvalue weighted by atomic mass is 10.2. The van der Waals surface area contributed by atoms with Crippen LogP contribution < -0.4 is 15.5 Å². The van der Waals surface area contributed by atoms with Gasteiger partial charge in [-0.2, -0.15) is 0 Å². The van der Waals surface area contributed by atoms with Gasteiger partial charge in [-0.05, 0) is 56.2 Å². The molecule has 0 aliphatic carbocycles. The molecule has 32 heavy (non-hydrogen) atoms. The number of nitrogens with one attached hydrogen (secondary N) is 2. The van der Waals surface area contributed by atoms with Crippen LogP contribution in [0.25, 0.3) is 11.0 Å². The maximum atomic E-state index is 12.5. The molecule has 1 amide bonds. The summed E-state index contributed by atoms with van der Waals surface area (Å²) in [5.74, 6) is 2.37. The molecule has 2 aromatic carbocycles. The topological polar surface area (TPSA) is 88.0 Å². The highest BCUT2D eigenvalue weighted by atomic mass is 16.1. The summed E-state index contributed by atoms with van der Waals surface area (Å²) in [6.07, 6.45) is 4.10. The van der Waals surface area contributed by atoms with Gasteiger partial charge in [-0.3, -0.25) is 4.79 Å². The summed E-state index contributed by atoms with van der Waals surface area (Å²) in [5, 5.41) is 6.29. The first-order valence-corrected chi connectivity index (χ1v) is 10.8. The van der Waals surface area contributed by atoms with Crippen molar-refractivity contribution in [3.63, 3.8) is 0 Å². The first-order chi connectivity index (χ1) is 15.6. The fraction of sp³-hybridized carbons (Fsp3) is 0.250. The van der Waals surface area contributed by atoms with Crippen LogP contribution in [-0.4, -0.2) is 38.5 Å². The molecule has 1 fully saturated rings. The van der Waals surface area contributed by atoms with Crippen LogP contribution in [0.15, 0.2) is 60.9 Å². The van der Waals surface area contributed by atoms with E-state index in [-0.39, 0.29) is 12.5 Å². The summed E-state index contributed by atoms with van der Waals surface area (Å²) < 4.78 is 1.84. The molecule has 162 valence electrons. The second-order valence-corrected chi connectivity index (χ2v) is 7.96. The van der Waals surface area contributed by atoms with Crippen LogP contribution in [0, 0.1) is 6.92 Å². The van der Waals surface area contributed by atoms with Crippen molar-refractivity contribution in [3.05, 3.63) is 66.7 Å². The molecule has 0 radical (unpaired) electrons. The number of nitrogens with zero attached hydrogens (tertiary/aromatic N) is 5. The van der Waals surface area contributed by atoms with Crippen LogP contribution in [0.5, 0.6) is 0 Å². The summed E-state index contributed by atoms with van der Waals surface area (Å²) in [6.45, 7) is 4.20. The Morgan fingerprint density at radius 3 is 2.56 bits per heavy atom. The Balaban J connectivity index is 1.23. The third-order valence-electron chi connectivity index (χ3n) is 5.54. The normalized spacial score (nSPS) is 13.5. The Labute approximate surface area is 186 Å². The molecule has 8 heteroatoms. The molecule has 2 N–H and O–H groups in total. The predicted molar refractivity (Wildman–Crippen MR) is 126 cm³/mol. The molecular formula is C24H25N7O. The number of amides is 1. The van der Waals surface area contributed by atoms with Gasteiger partial charge in [-0.15, -0.1) is 0 Å². The van der Waals surface area contributed by atoms with Crippen molar-refractivity contribution in [2.45, 2.75) is 26.3 Å². The zero-order chi connectivity index (χ0) is 21.9. The van der Waals surface area contributed by atoms with Crippen LogP contribution in [0.1, 0.15) is 18.7 Å². The van der Waals surface area contributed by atoms with E-state index in [1.807, 2.05) is 66.1 Å². The number of anilines is 4. The van der Waals surface area contributed by atoms with Crippen molar-refractivity contribution in [1.82, 2.24) is 19.5 Å². The van der Waals surface area contributed by atoms with E-state index < -0.39 is 0 Å². The van der Waals surface area contributed by atoms with Gasteiger partial charge in [0.25, 0.3) is 0 Å². The van der Waals surface area contributed by atoms with E-state index in [0.717, 1.165) is 53.0 Å². The number of hydrogen-bond acceptors (Lipinski definition) is 6. The van der Waals surface area contributed by atoms with E-state index in [1.165, 1.54) is 12.8 Å². The van der Waals surface area contributed by atoms with Gasteiger partial charge in [0, 0.05) is 30.5 Å². The molecule has 0 bridgehead atoms. The Kier molecular flexibility index (Phi) is 5.41. The molecular weight excluding hydrogens is 402 g/mol. The summed E-state index contributed by atoms with van der Waals surface area (Å²) in [5.41, 5.74) is 3.45. The number of benzene rings is 2. The SMILES string of the molecule is Cc1nc(Nc2ccc(NC(=O)Cn3cnc4ccccc43)cc2)cc(N2CCCC2)n1. The largest absolute Gasteiger partial charge is 0.356 e. The van der Waals surface area contributed by atoms with E-state index in [9.17, 15) is 4.79 Å². The average molecular weight is 428 g/mol. The van der Waals surface area contributed by atoms with Gasteiger partial charge < -0.3 is 20.1 Å².